The minimum absolute atomic E-state index is 0.163. The van der Waals surface area contributed by atoms with E-state index in [0.717, 1.165) is 22.3 Å². The van der Waals surface area contributed by atoms with Crippen LogP contribution in [0.4, 0.5) is 0 Å². The molecule has 1 atom stereocenters. The van der Waals surface area contributed by atoms with E-state index >= 15 is 0 Å². The molecule has 0 radical (unpaired) electrons. The standard InChI is InChI=1S/C20H24N4O3/c1-11-9-15(18-13(3)23-24(4)19(18)21-11)20(25)22-12(2)14-7-8-16(26-5)17(10-14)27-6/h7-10,12H,1-6H3,(H,22,25). The molecule has 1 unspecified atom stereocenters. The molecule has 142 valence electrons. The van der Waals surface area contributed by atoms with Gasteiger partial charge in [0, 0.05) is 12.7 Å². The zero-order chi connectivity index (χ0) is 19.7. The van der Waals surface area contributed by atoms with Crippen LogP contribution in [0.2, 0.25) is 0 Å². The van der Waals surface area contributed by atoms with Crippen LogP contribution in [0.1, 0.15) is 40.3 Å². The van der Waals surface area contributed by atoms with E-state index in [2.05, 4.69) is 15.4 Å². The average Bonchev–Trinajstić information content (AvgIpc) is 2.93. The largest absolute Gasteiger partial charge is 0.493 e. The number of ether oxygens (including phenoxy) is 2. The number of aromatic nitrogens is 3. The predicted molar refractivity (Wildman–Crippen MR) is 103 cm³/mol. The summed E-state index contributed by atoms with van der Waals surface area (Å²) in [5.41, 5.74) is 3.76. The van der Waals surface area contributed by atoms with Gasteiger partial charge in [0.2, 0.25) is 0 Å². The molecule has 0 spiro atoms. The molecule has 3 rings (SSSR count). The molecule has 0 aliphatic carbocycles. The minimum Gasteiger partial charge on any atom is -0.493 e. The van der Waals surface area contributed by atoms with Gasteiger partial charge in [0.15, 0.2) is 17.1 Å². The second kappa shape index (κ2) is 7.26. The molecule has 27 heavy (non-hydrogen) atoms. The lowest BCUT2D eigenvalue weighted by Gasteiger charge is -2.17. The van der Waals surface area contributed by atoms with Gasteiger partial charge in [0.1, 0.15) is 0 Å². The zero-order valence-electron chi connectivity index (χ0n) is 16.5. The summed E-state index contributed by atoms with van der Waals surface area (Å²) in [7, 11) is 5.01. The number of pyridine rings is 1. The van der Waals surface area contributed by atoms with Crippen LogP contribution in [0.3, 0.4) is 0 Å². The quantitative estimate of drug-likeness (QED) is 0.749. The second-order valence-corrected chi connectivity index (χ2v) is 6.53. The summed E-state index contributed by atoms with van der Waals surface area (Å²) < 4.78 is 12.3. The van der Waals surface area contributed by atoms with Gasteiger partial charge in [-0.15, -0.1) is 0 Å². The molecular formula is C20H24N4O3. The third kappa shape index (κ3) is 3.45. The van der Waals surface area contributed by atoms with Crippen molar-refractivity contribution in [3.63, 3.8) is 0 Å². The van der Waals surface area contributed by atoms with E-state index in [1.165, 1.54) is 0 Å². The number of carbonyl (C=O) groups is 1. The Morgan fingerprint density at radius 2 is 1.85 bits per heavy atom. The van der Waals surface area contributed by atoms with Gasteiger partial charge in [-0.2, -0.15) is 5.10 Å². The summed E-state index contributed by atoms with van der Waals surface area (Å²) in [6.07, 6.45) is 0. The zero-order valence-corrected chi connectivity index (χ0v) is 16.5. The molecule has 0 aliphatic heterocycles. The Hall–Kier alpha value is -3.09. The van der Waals surface area contributed by atoms with E-state index in [4.69, 9.17) is 9.47 Å². The first-order chi connectivity index (χ1) is 12.8. The van der Waals surface area contributed by atoms with Crippen LogP contribution in [0.15, 0.2) is 24.3 Å². The van der Waals surface area contributed by atoms with Gasteiger partial charge in [-0.3, -0.25) is 9.48 Å². The van der Waals surface area contributed by atoms with Crippen molar-refractivity contribution in [1.82, 2.24) is 20.1 Å². The first kappa shape index (κ1) is 18.7. The summed E-state index contributed by atoms with van der Waals surface area (Å²) >= 11 is 0. The van der Waals surface area contributed by atoms with E-state index in [0.29, 0.717) is 22.7 Å². The van der Waals surface area contributed by atoms with Crippen molar-refractivity contribution in [1.29, 1.82) is 0 Å². The first-order valence-corrected chi connectivity index (χ1v) is 8.69. The number of aryl methyl sites for hydroxylation is 3. The number of fused-ring (bicyclic) bond motifs is 1. The molecule has 7 heteroatoms. The summed E-state index contributed by atoms with van der Waals surface area (Å²) in [5.74, 6) is 1.11. The topological polar surface area (TPSA) is 78.3 Å². The van der Waals surface area contributed by atoms with Crippen molar-refractivity contribution < 1.29 is 14.3 Å². The molecule has 1 amide bonds. The van der Waals surface area contributed by atoms with Crippen LogP contribution >= 0.6 is 0 Å². The average molecular weight is 368 g/mol. The van der Waals surface area contributed by atoms with E-state index in [1.54, 1.807) is 25.0 Å². The van der Waals surface area contributed by atoms with E-state index in [1.807, 2.05) is 46.0 Å². The number of amides is 1. The fourth-order valence-electron chi connectivity index (χ4n) is 3.23. The molecule has 3 aromatic rings. The van der Waals surface area contributed by atoms with Gasteiger partial charge in [0.25, 0.3) is 5.91 Å². The number of nitrogens with zero attached hydrogens (tertiary/aromatic N) is 3. The Morgan fingerprint density at radius 1 is 1.15 bits per heavy atom. The summed E-state index contributed by atoms with van der Waals surface area (Å²) in [6, 6.07) is 7.20. The molecule has 0 bridgehead atoms. The molecule has 1 aromatic carbocycles. The Kier molecular flexibility index (Phi) is 5.03. The molecule has 0 aliphatic rings. The van der Waals surface area contributed by atoms with Crippen LogP contribution in [-0.4, -0.2) is 34.9 Å². The number of methoxy groups -OCH3 is 2. The highest BCUT2D eigenvalue weighted by atomic mass is 16.5. The van der Waals surface area contributed by atoms with Crippen LogP contribution in [0, 0.1) is 13.8 Å². The molecule has 2 heterocycles. The smallest absolute Gasteiger partial charge is 0.252 e. The molecule has 0 saturated carbocycles. The van der Waals surface area contributed by atoms with Gasteiger partial charge < -0.3 is 14.8 Å². The lowest BCUT2D eigenvalue weighted by atomic mass is 10.1. The van der Waals surface area contributed by atoms with E-state index in [-0.39, 0.29) is 11.9 Å². The minimum atomic E-state index is -0.210. The van der Waals surface area contributed by atoms with Crippen molar-refractivity contribution in [2.75, 3.05) is 14.2 Å². The summed E-state index contributed by atoms with van der Waals surface area (Å²) in [5, 5.41) is 8.23. The lowest BCUT2D eigenvalue weighted by Crippen LogP contribution is -2.27. The van der Waals surface area contributed by atoms with Crippen molar-refractivity contribution in [3.8, 4) is 11.5 Å². The monoisotopic (exact) mass is 368 g/mol. The molecule has 1 N–H and O–H groups in total. The van der Waals surface area contributed by atoms with Crippen LogP contribution < -0.4 is 14.8 Å². The number of nitrogens with one attached hydrogen (secondary N) is 1. The third-order valence-electron chi connectivity index (χ3n) is 4.60. The van der Waals surface area contributed by atoms with Gasteiger partial charge in [-0.1, -0.05) is 6.07 Å². The van der Waals surface area contributed by atoms with Crippen molar-refractivity contribution >= 4 is 16.9 Å². The maximum Gasteiger partial charge on any atom is 0.252 e. The highest BCUT2D eigenvalue weighted by molar-refractivity contribution is 6.06. The number of hydrogen-bond acceptors (Lipinski definition) is 5. The Bertz CT molecular complexity index is 1010. The van der Waals surface area contributed by atoms with Crippen molar-refractivity contribution in [3.05, 3.63) is 46.8 Å². The highest BCUT2D eigenvalue weighted by Crippen LogP contribution is 2.30. The second-order valence-electron chi connectivity index (χ2n) is 6.53. The van der Waals surface area contributed by atoms with Gasteiger partial charge >= 0.3 is 0 Å². The Morgan fingerprint density at radius 3 is 2.52 bits per heavy atom. The van der Waals surface area contributed by atoms with Crippen molar-refractivity contribution in [2.45, 2.75) is 26.8 Å². The van der Waals surface area contributed by atoms with Crippen LogP contribution in [-0.2, 0) is 7.05 Å². The summed E-state index contributed by atoms with van der Waals surface area (Å²) in [4.78, 5) is 17.5. The Labute approximate surface area is 158 Å². The van der Waals surface area contributed by atoms with Crippen molar-refractivity contribution in [2.24, 2.45) is 7.05 Å². The SMILES string of the molecule is COc1ccc(C(C)NC(=O)c2cc(C)nc3c2c(C)nn3C)cc1OC. The van der Waals surface area contributed by atoms with Crippen LogP contribution in [0.25, 0.3) is 11.0 Å². The number of carbonyl (C=O) groups excluding carboxylic acids is 1. The summed E-state index contributed by atoms with van der Waals surface area (Å²) in [6.45, 7) is 5.69. The fourth-order valence-corrected chi connectivity index (χ4v) is 3.23. The van der Waals surface area contributed by atoms with E-state index < -0.39 is 0 Å². The first-order valence-electron chi connectivity index (χ1n) is 8.69. The number of rotatable bonds is 5. The van der Waals surface area contributed by atoms with Gasteiger partial charge in [-0.25, -0.2) is 4.98 Å². The normalized spacial score (nSPS) is 12.1. The Balaban J connectivity index is 1.93. The third-order valence-corrected chi connectivity index (χ3v) is 4.60. The predicted octanol–water partition coefficient (Wildman–Crippen LogP) is 3.09. The molecule has 0 fully saturated rings. The molecular weight excluding hydrogens is 344 g/mol. The highest BCUT2D eigenvalue weighted by Gasteiger charge is 2.20. The molecule has 0 saturated heterocycles. The number of hydrogen-bond donors (Lipinski definition) is 1. The lowest BCUT2D eigenvalue weighted by molar-refractivity contribution is 0.0941. The van der Waals surface area contributed by atoms with Gasteiger partial charge in [0.05, 0.1) is 36.9 Å². The fraction of sp³-hybridized carbons (Fsp3) is 0.350. The molecule has 2 aromatic heterocycles. The van der Waals surface area contributed by atoms with Gasteiger partial charge in [-0.05, 0) is 44.5 Å². The van der Waals surface area contributed by atoms with Crippen LogP contribution in [0.5, 0.6) is 11.5 Å². The maximum absolute atomic E-state index is 13.0. The maximum atomic E-state index is 13.0. The molecule has 7 nitrogen and oxygen atoms in total. The number of benzene rings is 1. The van der Waals surface area contributed by atoms with E-state index in [9.17, 15) is 4.79 Å².